The molecular weight excluding hydrogens is 264 g/mol. The summed E-state index contributed by atoms with van der Waals surface area (Å²) >= 11 is 0. The number of hydrogen-bond acceptors (Lipinski definition) is 3. The Kier molecular flexibility index (Phi) is 5.65. The first kappa shape index (κ1) is 16.3. The van der Waals surface area contributed by atoms with Crippen LogP contribution >= 0.6 is 0 Å². The number of benzene rings is 1. The van der Waals surface area contributed by atoms with E-state index in [0.29, 0.717) is 13.2 Å². The Morgan fingerprint density at radius 2 is 1.76 bits per heavy atom. The van der Waals surface area contributed by atoms with E-state index in [9.17, 15) is 5.11 Å². The van der Waals surface area contributed by atoms with Gasteiger partial charge < -0.3 is 14.6 Å². The van der Waals surface area contributed by atoms with Gasteiger partial charge in [0.25, 0.3) is 0 Å². The fourth-order valence-corrected chi connectivity index (χ4v) is 3.25. The second-order valence-electron chi connectivity index (χ2n) is 6.08. The summed E-state index contributed by atoms with van der Waals surface area (Å²) in [5.41, 5.74) is 0.496. The largest absolute Gasteiger partial charge is 0.494 e. The highest BCUT2D eigenvalue weighted by atomic mass is 16.5. The molecule has 2 rings (SSSR count). The topological polar surface area (TPSA) is 38.7 Å². The minimum atomic E-state index is -0.569. The summed E-state index contributed by atoms with van der Waals surface area (Å²) in [6.07, 6.45) is 3.52. The average Bonchev–Trinajstić information content (AvgIpc) is 2.50. The zero-order chi connectivity index (χ0) is 15.3. The van der Waals surface area contributed by atoms with E-state index < -0.39 is 11.7 Å². The number of rotatable bonds is 6. The summed E-state index contributed by atoms with van der Waals surface area (Å²) in [5, 5.41) is 10.9. The lowest BCUT2D eigenvalue weighted by Crippen LogP contribution is -2.42. The lowest BCUT2D eigenvalue weighted by molar-refractivity contribution is -0.146. The Morgan fingerprint density at radius 3 is 2.29 bits per heavy atom. The Labute approximate surface area is 128 Å². The molecule has 0 spiro atoms. The van der Waals surface area contributed by atoms with Crippen molar-refractivity contribution in [2.24, 2.45) is 5.92 Å². The fraction of sp³-hybridized carbons (Fsp3) is 0.667. The molecule has 0 aromatic heterocycles. The Balaban J connectivity index is 2.15. The van der Waals surface area contributed by atoms with Gasteiger partial charge >= 0.3 is 0 Å². The molecule has 1 unspecified atom stereocenters. The van der Waals surface area contributed by atoms with Crippen LogP contribution in [0.1, 0.15) is 58.1 Å². The van der Waals surface area contributed by atoms with Crippen LogP contribution in [0.15, 0.2) is 24.3 Å². The minimum Gasteiger partial charge on any atom is -0.494 e. The van der Waals surface area contributed by atoms with Gasteiger partial charge in [0.1, 0.15) is 11.9 Å². The second-order valence-corrected chi connectivity index (χ2v) is 6.08. The molecule has 3 nitrogen and oxygen atoms in total. The van der Waals surface area contributed by atoms with Crippen molar-refractivity contribution in [1.82, 2.24) is 0 Å². The molecule has 3 heteroatoms. The summed E-state index contributed by atoms with van der Waals surface area (Å²) in [6.45, 7) is 7.55. The number of ether oxygens (including phenoxy) is 2. The molecule has 0 aliphatic heterocycles. The van der Waals surface area contributed by atoms with Crippen molar-refractivity contribution in [2.45, 2.75) is 58.2 Å². The molecule has 1 atom stereocenters. The van der Waals surface area contributed by atoms with Crippen molar-refractivity contribution in [1.29, 1.82) is 0 Å². The van der Waals surface area contributed by atoms with Crippen molar-refractivity contribution < 1.29 is 14.6 Å². The van der Waals surface area contributed by atoms with Crippen LogP contribution in [0.25, 0.3) is 0 Å². The van der Waals surface area contributed by atoms with E-state index in [4.69, 9.17) is 9.47 Å². The monoisotopic (exact) mass is 292 g/mol. The van der Waals surface area contributed by atoms with Crippen LogP contribution < -0.4 is 4.74 Å². The first-order chi connectivity index (χ1) is 10.1. The molecule has 1 fully saturated rings. The van der Waals surface area contributed by atoms with Crippen molar-refractivity contribution in [3.63, 3.8) is 0 Å². The van der Waals surface area contributed by atoms with E-state index in [0.717, 1.165) is 42.9 Å². The van der Waals surface area contributed by atoms with Crippen LogP contribution in [0.4, 0.5) is 0 Å². The van der Waals surface area contributed by atoms with Crippen molar-refractivity contribution in [3.05, 3.63) is 29.8 Å². The lowest BCUT2D eigenvalue weighted by atomic mass is 9.74. The normalized spacial score (nSPS) is 27.3. The molecule has 1 aromatic rings. The van der Waals surface area contributed by atoms with Gasteiger partial charge in [-0.25, -0.2) is 0 Å². The molecule has 21 heavy (non-hydrogen) atoms. The lowest BCUT2D eigenvalue weighted by Gasteiger charge is -2.42. The maximum absolute atomic E-state index is 10.9. The fourth-order valence-electron chi connectivity index (χ4n) is 3.25. The van der Waals surface area contributed by atoms with Gasteiger partial charge in [0.15, 0.2) is 0 Å². The van der Waals surface area contributed by atoms with Crippen LogP contribution in [0.3, 0.4) is 0 Å². The molecule has 1 aromatic carbocycles. The van der Waals surface area contributed by atoms with Crippen LogP contribution in [0.2, 0.25) is 0 Å². The van der Waals surface area contributed by atoms with E-state index in [1.807, 2.05) is 38.1 Å². The predicted octanol–water partition coefficient (Wildman–Crippen LogP) is 4.10. The Hall–Kier alpha value is -1.06. The van der Waals surface area contributed by atoms with E-state index in [1.165, 1.54) is 0 Å². The molecule has 118 valence electrons. The maximum atomic E-state index is 10.9. The van der Waals surface area contributed by atoms with Gasteiger partial charge in [-0.15, -0.1) is 0 Å². The standard InChI is InChI=1S/C18H28O3/c1-4-20-16-8-6-15(7-9-16)17(19)18(21-5-2)12-10-14(3)11-13-18/h6-9,14,17,19H,4-5,10-13H2,1-3H3. The smallest absolute Gasteiger partial charge is 0.119 e. The van der Waals surface area contributed by atoms with E-state index in [1.54, 1.807) is 0 Å². The van der Waals surface area contributed by atoms with Gasteiger partial charge in [0.2, 0.25) is 0 Å². The van der Waals surface area contributed by atoms with E-state index in [-0.39, 0.29) is 0 Å². The van der Waals surface area contributed by atoms with Gasteiger partial charge in [-0.2, -0.15) is 0 Å². The van der Waals surface area contributed by atoms with Crippen molar-refractivity contribution in [2.75, 3.05) is 13.2 Å². The maximum Gasteiger partial charge on any atom is 0.119 e. The summed E-state index contributed by atoms with van der Waals surface area (Å²) in [5.74, 6) is 1.57. The summed E-state index contributed by atoms with van der Waals surface area (Å²) in [4.78, 5) is 0. The van der Waals surface area contributed by atoms with Crippen LogP contribution in [0, 0.1) is 5.92 Å². The van der Waals surface area contributed by atoms with E-state index in [2.05, 4.69) is 6.92 Å². The highest BCUT2D eigenvalue weighted by molar-refractivity contribution is 5.30. The van der Waals surface area contributed by atoms with Crippen LogP contribution in [0.5, 0.6) is 5.75 Å². The Bertz CT molecular complexity index is 419. The summed E-state index contributed by atoms with van der Waals surface area (Å²) in [7, 11) is 0. The molecule has 0 amide bonds. The van der Waals surface area contributed by atoms with Gasteiger partial charge in [-0.05, 0) is 63.1 Å². The molecule has 1 saturated carbocycles. The first-order valence-electron chi connectivity index (χ1n) is 8.16. The molecule has 1 aliphatic rings. The van der Waals surface area contributed by atoms with Crippen molar-refractivity contribution >= 4 is 0 Å². The minimum absolute atomic E-state index is 0.422. The number of aliphatic hydroxyl groups excluding tert-OH is 1. The average molecular weight is 292 g/mol. The van der Waals surface area contributed by atoms with Crippen LogP contribution in [-0.4, -0.2) is 23.9 Å². The third kappa shape index (κ3) is 3.78. The Morgan fingerprint density at radius 1 is 1.14 bits per heavy atom. The third-order valence-corrected chi connectivity index (χ3v) is 4.56. The number of hydrogen-bond donors (Lipinski definition) is 1. The van der Waals surface area contributed by atoms with Gasteiger partial charge in [0, 0.05) is 6.61 Å². The molecule has 1 aliphatic carbocycles. The number of aliphatic hydroxyl groups is 1. The second kappa shape index (κ2) is 7.28. The van der Waals surface area contributed by atoms with Crippen molar-refractivity contribution in [3.8, 4) is 5.75 Å². The van der Waals surface area contributed by atoms with Crippen LogP contribution in [-0.2, 0) is 4.74 Å². The zero-order valence-electron chi connectivity index (χ0n) is 13.5. The first-order valence-corrected chi connectivity index (χ1v) is 8.16. The van der Waals surface area contributed by atoms with Gasteiger partial charge in [-0.3, -0.25) is 0 Å². The highest BCUT2D eigenvalue weighted by Gasteiger charge is 2.42. The molecule has 1 N–H and O–H groups in total. The molecule has 0 bridgehead atoms. The van der Waals surface area contributed by atoms with Gasteiger partial charge in [-0.1, -0.05) is 19.1 Å². The third-order valence-electron chi connectivity index (χ3n) is 4.56. The molecule has 0 heterocycles. The summed E-state index contributed by atoms with van der Waals surface area (Å²) in [6, 6.07) is 7.75. The quantitative estimate of drug-likeness (QED) is 0.857. The molecule has 0 saturated heterocycles. The zero-order valence-corrected chi connectivity index (χ0v) is 13.5. The SMILES string of the molecule is CCOc1ccc(C(O)C2(OCC)CCC(C)CC2)cc1. The predicted molar refractivity (Wildman–Crippen MR) is 84.6 cm³/mol. The van der Waals surface area contributed by atoms with Gasteiger partial charge in [0.05, 0.1) is 12.2 Å². The highest BCUT2D eigenvalue weighted by Crippen LogP contribution is 2.43. The summed E-state index contributed by atoms with van der Waals surface area (Å²) < 4.78 is 11.5. The molecule has 0 radical (unpaired) electrons. The molecular formula is C18H28O3. The van der Waals surface area contributed by atoms with E-state index >= 15 is 0 Å².